The van der Waals surface area contributed by atoms with Crippen molar-refractivity contribution in [1.29, 1.82) is 0 Å². The zero-order valence-electron chi connectivity index (χ0n) is 8.97. The van der Waals surface area contributed by atoms with E-state index in [0.717, 1.165) is 5.56 Å². The molecule has 0 aliphatic carbocycles. The summed E-state index contributed by atoms with van der Waals surface area (Å²) in [4.78, 5) is 11.0. The average molecular weight is 232 g/mol. The third kappa shape index (κ3) is 2.54. The molecular weight excluding hydrogens is 220 g/mol. The molecule has 0 radical (unpaired) electrons. The van der Waals surface area contributed by atoms with Gasteiger partial charge in [-0.15, -0.1) is 0 Å². The molecule has 1 aromatic heterocycles. The number of amides is 1. The van der Waals surface area contributed by atoms with E-state index in [2.05, 4.69) is 15.5 Å². The molecule has 88 valence electrons. The molecule has 1 heterocycles. The van der Waals surface area contributed by atoms with Crippen molar-refractivity contribution in [2.75, 3.05) is 5.32 Å². The number of carbonyl (C=O) groups is 1. The van der Waals surface area contributed by atoms with Gasteiger partial charge in [0.15, 0.2) is 0 Å². The van der Waals surface area contributed by atoms with E-state index in [1.54, 1.807) is 24.3 Å². The highest BCUT2D eigenvalue weighted by atomic mass is 16.3. The molecule has 0 aliphatic rings. The second-order valence-corrected chi connectivity index (χ2v) is 3.54. The number of benzene rings is 1. The van der Waals surface area contributed by atoms with Crippen LogP contribution < -0.4 is 11.1 Å². The van der Waals surface area contributed by atoms with Gasteiger partial charge in [-0.1, -0.05) is 12.1 Å². The van der Waals surface area contributed by atoms with Crippen molar-refractivity contribution in [2.45, 2.75) is 6.54 Å². The highest BCUT2D eigenvalue weighted by molar-refractivity contribution is 5.97. The molecule has 0 fully saturated rings. The van der Waals surface area contributed by atoms with Crippen molar-refractivity contribution >= 4 is 11.7 Å². The number of primary amides is 1. The number of anilines is 1. The number of H-pyrrole nitrogens is 1. The van der Waals surface area contributed by atoms with E-state index >= 15 is 0 Å². The molecule has 0 aliphatic heterocycles. The molecule has 2 aromatic rings. The lowest BCUT2D eigenvalue weighted by Crippen LogP contribution is -2.13. The van der Waals surface area contributed by atoms with Crippen molar-refractivity contribution in [3.05, 3.63) is 41.6 Å². The fourth-order valence-corrected chi connectivity index (χ4v) is 1.41. The number of phenols is 1. The Labute approximate surface area is 97.5 Å². The summed E-state index contributed by atoms with van der Waals surface area (Å²) in [5.74, 6) is 0.172. The SMILES string of the molecule is NC(=O)c1cn[nH]c1NCc1ccc(O)cc1. The van der Waals surface area contributed by atoms with E-state index in [1.165, 1.54) is 6.20 Å². The Morgan fingerprint density at radius 1 is 1.41 bits per heavy atom. The largest absolute Gasteiger partial charge is 0.508 e. The van der Waals surface area contributed by atoms with Crippen LogP contribution in [-0.2, 0) is 6.54 Å². The minimum absolute atomic E-state index is 0.216. The van der Waals surface area contributed by atoms with Crippen LogP contribution in [0.25, 0.3) is 0 Å². The van der Waals surface area contributed by atoms with Gasteiger partial charge >= 0.3 is 0 Å². The highest BCUT2D eigenvalue weighted by Crippen LogP contribution is 2.13. The van der Waals surface area contributed by atoms with Crippen LogP contribution in [0, 0.1) is 0 Å². The summed E-state index contributed by atoms with van der Waals surface area (Å²) in [6.45, 7) is 0.503. The van der Waals surface area contributed by atoms with E-state index in [1.807, 2.05) is 0 Å². The van der Waals surface area contributed by atoms with Crippen molar-refractivity contribution in [2.24, 2.45) is 5.73 Å². The Bertz CT molecular complexity index is 519. The van der Waals surface area contributed by atoms with Gasteiger partial charge in [-0.3, -0.25) is 9.89 Å². The van der Waals surface area contributed by atoms with Gasteiger partial charge in [0.2, 0.25) is 0 Å². The molecule has 0 saturated carbocycles. The van der Waals surface area contributed by atoms with Crippen LogP contribution in [0.15, 0.2) is 30.5 Å². The number of carbonyl (C=O) groups excluding carboxylic acids is 1. The number of nitrogens with zero attached hydrogens (tertiary/aromatic N) is 1. The summed E-state index contributed by atoms with van der Waals surface area (Å²) in [7, 11) is 0. The summed E-state index contributed by atoms with van der Waals surface area (Å²) in [5, 5.41) is 18.5. The zero-order valence-corrected chi connectivity index (χ0v) is 8.97. The van der Waals surface area contributed by atoms with Gasteiger partial charge in [-0.25, -0.2) is 0 Å². The molecule has 0 unspecified atom stereocenters. The van der Waals surface area contributed by atoms with E-state index in [0.29, 0.717) is 17.9 Å². The lowest BCUT2D eigenvalue weighted by molar-refractivity contribution is 0.100. The second kappa shape index (κ2) is 4.56. The Morgan fingerprint density at radius 2 is 2.12 bits per heavy atom. The highest BCUT2D eigenvalue weighted by Gasteiger charge is 2.09. The van der Waals surface area contributed by atoms with Gasteiger partial charge in [-0.05, 0) is 17.7 Å². The molecule has 0 saturated heterocycles. The maximum atomic E-state index is 11.0. The van der Waals surface area contributed by atoms with Crippen LogP contribution in [-0.4, -0.2) is 21.2 Å². The Balaban J connectivity index is 2.05. The molecule has 0 spiro atoms. The number of aromatic amines is 1. The number of rotatable bonds is 4. The van der Waals surface area contributed by atoms with Crippen molar-refractivity contribution in [3.63, 3.8) is 0 Å². The number of hydrogen-bond donors (Lipinski definition) is 4. The maximum Gasteiger partial charge on any atom is 0.254 e. The van der Waals surface area contributed by atoms with Crippen LogP contribution in [0.3, 0.4) is 0 Å². The molecule has 0 atom stereocenters. The maximum absolute atomic E-state index is 11.0. The molecule has 2 rings (SSSR count). The Kier molecular flexibility index (Phi) is 2.95. The third-order valence-corrected chi connectivity index (χ3v) is 2.31. The monoisotopic (exact) mass is 232 g/mol. The summed E-state index contributed by atoms with van der Waals surface area (Å²) >= 11 is 0. The molecule has 5 N–H and O–H groups in total. The number of hydrogen-bond acceptors (Lipinski definition) is 4. The summed E-state index contributed by atoms with van der Waals surface area (Å²) < 4.78 is 0. The van der Waals surface area contributed by atoms with Gasteiger partial charge in [0.25, 0.3) is 5.91 Å². The van der Waals surface area contributed by atoms with Crippen molar-refractivity contribution in [3.8, 4) is 5.75 Å². The van der Waals surface area contributed by atoms with Crippen LogP contribution >= 0.6 is 0 Å². The first-order valence-electron chi connectivity index (χ1n) is 5.02. The molecular formula is C11H12N4O2. The number of aromatic hydroxyl groups is 1. The lowest BCUT2D eigenvalue weighted by Gasteiger charge is -2.05. The molecule has 6 nitrogen and oxygen atoms in total. The first-order valence-corrected chi connectivity index (χ1v) is 5.02. The first kappa shape index (κ1) is 11.0. The standard InChI is InChI=1S/C11H12N4O2/c12-10(17)9-6-14-15-11(9)13-5-7-1-3-8(16)4-2-7/h1-4,6,16H,5H2,(H2,12,17)(H2,13,14,15). The quantitative estimate of drug-likeness (QED) is 0.626. The Hall–Kier alpha value is -2.50. The zero-order chi connectivity index (χ0) is 12.3. The summed E-state index contributed by atoms with van der Waals surface area (Å²) in [6.07, 6.45) is 1.38. The fraction of sp³-hybridized carbons (Fsp3) is 0.0909. The summed E-state index contributed by atoms with van der Waals surface area (Å²) in [5.41, 5.74) is 6.46. The summed E-state index contributed by atoms with van der Waals surface area (Å²) in [6, 6.07) is 6.75. The van der Waals surface area contributed by atoms with Gasteiger partial charge in [-0.2, -0.15) is 5.10 Å². The van der Waals surface area contributed by atoms with Gasteiger partial charge in [0, 0.05) is 6.54 Å². The normalized spacial score (nSPS) is 10.1. The van der Waals surface area contributed by atoms with Crippen LogP contribution in [0.5, 0.6) is 5.75 Å². The van der Waals surface area contributed by atoms with Crippen LogP contribution in [0.2, 0.25) is 0 Å². The lowest BCUT2D eigenvalue weighted by atomic mass is 10.2. The predicted molar refractivity (Wildman–Crippen MR) is 62.5 cm³/mol. The van der Waals surface area contributed by atoms with E-state index in [9.17, 15) is 4.79 Å². The predicted octanol–water partition coefficient (Wildman–Crippen LogP) is 0.826. The smallest absolute Gasteiger partial charge is 0.254 e. The number of nitrogens with two attached hydrogens (primary N) is 1. The second-order valence-electron chi connectivity index (χ2n) is 3.54. The first-order chi connectivity index (χ1) is 8.16. The molecule has 6 heteroatoms. The number of nitrogens with one attached hydrogen (secondary N) is 2. The fourth-order valence-electron chi connectivity index (χ4n) is 1.41. The van der Waals surface area contributed by atoms with Gasteiger partial charge in [0.05, 0.1) is 6.20 Å². The van der Waals surface area contributed by atoms with Crippen molar-refractivity contribution < 1.29 is 9.90 Å². The van der Waals surface area contributed by atoms with Gasteiger partial charge in [0.1, 0.15) is 17.1 Å². The van der Waals surface area contributed by atoms with Gasteiger partial charge < -0.3 is 16.2 Å². The molecule has 1 amide bonds. The molecule has 1 aromatic carbocycles. The molecule has 17 heavy (non-hydrogen) atoms. The topological polar surface area (TPSA) is 104 Å². The number of phenolic OH excluding ortho intramolecular Hbond substituents is 1. The van der Waals surface area contributed by atoms with E-state index in [4.69, 9.17) is 10.8 Å². The average Bonchev–Trinajstić information content (AvgIpc) is 2.76. The van der Waals surface area contributed by atoms with Crippen LogP contribution in [0.1, 0.15) is 15.9 Å². The van der Waals surface area contributed by atoms with Crippen molar-refractivity contribution in [1.82, 2.24) is 10.2 Å². The Morgan fingerprint density at radius 3 is 2.76 bits per heavy atom. The number of aromatic nitrogens is 2. The van der Waals surface area contributed by atoms with E-state index < -0.39 is 5.91 Å². The van der Waals surface area contributed by atoms with Crippen LogP contribution in [0.4, 0.5) is 5.82 Å². The molecule has 0 bridgehead atoms. The van der Waals surface area contributed by atoms with E-state index in [-0.39, 0.29) is 5.75 Å². The third-order valence-electron chi connectivity index (χ3n) is 2.31. The minimum atomic E-state index is -0.535. The minimum Gasteiger partial charge on any atom is -0.508 e.